The van der Waals surface area contributed by atoms with E-state index in [2.05, 4.69) is 32.8 Å². The highest BCUT2D eigenvalue weighted by molar-refractivity contribution is 5.99. The minimum Gasteiger partial charge on any atom is -0.493 e. The maximum atomic E-state index is 12.7. The molecule has 4 nitrogen and oxygen atoms in total. The molecule has 0 radical (unpaired) electrons. The Labute approximate surface area is 109 Å². The van der Waals surface area contributed by atoms with Gasteiger partial charge >= 0.3 is 0 Å². The summed E-state index contributed by atoms with van der Waals surface area (Å²) in [7, 11) is 1.58. The molecular formula is C14H24N2O2. The zero-order chi connectivity index (χ0) is 13.9. The summed E-state index contributed by atoms with van der Waals surface area (Å²) in [6.45, 7) is 11.0. The lowest BCUT2D eigenvalue weighted by Crippen LogP contribution is -2.28. The van der Waals surface area contributed by atoms with Crippen LogP contribution in [-0.4, -0.2) is 22.7 Å². The van der Waals surface area contributed by atoms with Crippen molar-refractivity contribution in [3.63, 3.8) is 0 Å². The topological polar surface area (TPSA) is 44.1 Å². The molecule has 0 fully saturated rings. The van der Waals surface area contributed by atoms with E-state index in [1.807, 2.05) is 6.92 Å². The Hall–Kier alpha value is -1.32. The summed E-state index contributed by atoms with van der Waals surface area (Å²) in [6, 6.07) is 0. The molecule has 1 heterocycles. The van der Waals surface area contributed by atoms with Crippen LogP contribution in [0.5, 0.6) is 5.75 Å². The fourth-order valence-corrected chi connectivity index (χ4v) is 2.54. The number of nitrogens with zero attached hydrogens (tertiary/aromatic N) is 2. The van der Waals surface area contributed by atoms with Crippen LogP contribution in [0.4, 0.5) is 0 Å². The van der Waals surface area contributed by atoms with Crippen LogP contribution in [0.1, 0.15) is 45.1 Å². The number of ether oxygens (including phenoxy) is 1. The number of hydrogen-bond donors (Lipinski definition) is 0. The Kier molecular flexibility index (Phi) is 4.93. The van der Waals surface area contributed by atoms with Crippen LogP contribution in [-0.2, 0) is 6.54 Å². The van der Waals surface area contributed by atoms with Crippen molar-refractivity contribution >= 4 is 5.78 Å². The summed E-state index contributed by atoms with van der Waals surface area (Å²) in [5, 5.41) is 4.20. The highest BCUT2D eigenvalue weighted by Gasteiger charge is 2.31. The van der Waals surface area contributed by atoms with Crippen molar-refractivity contribution in [2.75, 3.05) is 7.11 Å². The van der Waals surface area contributed by atoms with E-state index >= 15 is 0 Å². The van der Waals surface area contributed by atoms with Gasteiger partial charge in [0.05, 0.1) is 13.3 Å². The number of carbonyl (C=O) groups is 1. The number of Topliss-reactive ketones (excluding diaryl/α,β-unsaturated/α-hetero) is 1. The van der Waals surface area contributed by atoms with Gasteiger partial charge in [0, 0.05) is 12.5 Å². The van der Waals surface area contributed by atoms with Crippen molar-refractivity contribution in [1.82, 2.24) is 9.78 Å². The fourth-order valence-electron chi connectivity index (χ4n) is 2.54. The molecule has 1 aromatic rings. The lowest BCUT2D eigenvalue weighted by atomic mass is 9.81. The number of aryl methyl sites for hydroxylation is 1. The van der Waals surface area contributed by atoms with E-state index in [1.54, 1.807) is 18.0 Å². The van der Waals surface area contributed by atoms with E-state index < -0.39 is 0 Å². The van der Waals surface area contributed by atoms with Crippen molar-refractivity contribution in [3.05, 3.63) is 11.9 Å². The van der Waals surface area contributed by atoms with E-state index in [4.69, 9.17) is 4.74 Å². The molecule has 1 rings (SSSR count). The first-order chi connectivity index (χ1) is 8.43. The fraction of sp³-hybridized carbons (Fsp3) is 0.714. The zero-order valence-corrected chi connectivity index (χ0v) is 12.2. The summed E-state index contributed by atoms with van der Waals surface area (Å²) in [6.07, 6.45) is 1.62. The Bertz CT molecular complexity index is 378. The molecular weight excluding hydrogens is 228 g/mol. The van der Waals surface area contributed by atoms with Crippen LogP contribution in [0.15, 0.2) is 6.20 Å². The van der Waals surface area contributed by atoms with Crippen LogP contribution < -0.4 is 4.74 Å². The molecule has 0 spiro atoms. The molecule has 4 heteroatoms. The molecule has 0 aliphatic rings. The van der Waals surface area contributed by atoms with E-state index in [9.17, 15) is 4.79 Å². The van der Waals surface area contributed by atoms with E-state index in [-0.39, 0.29) is 11.7 Å². The quantitative estimate of drug-likeness (QED) is 0.731. The Morgan fingerprint density at radius 1 is 1.33 bits per heavy atom. The Morgan fingerprint density at radius 2 is 1.89 bits per heavy atom. The molecule has 1 aromatic heterocycles. The van der Waals surface area contributed by atoms with Crippen LogP contribution in [0.2, 0.25) is 0 Å². The molecule has 0 saturated carbocycles. The minimum atomic E-state index is 0.000833. The van der Waals surface area contributed by atoms with Gasteiger partial charge < -0.3 is 4.74 Å². The van der Waals surface area contributed by atoms with Crippen molar-refractivity contribution in [2.24, 2.45) is 17.8 Å². The second kappa shape index (κ2) is 6.03. The summed E-state index contributed by atoms with van der Waals surface area (Å²) < 4.78 is 6.98. The number of carbonyl (C=O) groups excluding carboxylic acids is 1. The van der Waals surface area contributed by atoms with Gasteiger partial charge in [-0.1, -0.05) is 27.7 Å². The Balaban J connectivity index is 3.19. The number of aromatic nitrogens is 2. The van der Waals surface area contributed by atoms with Gasteiger partial charge in [-0.2, -0.15) is 5.10 Å². The van der Waals surface area contributed by atoms with Gasteiger partial charge in [-0.05, 0) is 18.8 Å². The van der Waals surface area contributed by atoms with Crippen molar-refractivity contribution in [1.29, 1.82) is 0 Å². The zero-order valence-electron chi connectivity index (χ0n) is 12.2. The molecule has 0 atom stereocenters. The SMILES string of the molecule is CCn1ncc(OC)c1C(=O)C(C(C)C)C(C)C. The summed E-state index contributed by atoms with van der Waals surface area (Å²) >= 11 is 0. The van der Waals surface area contributed by atoms with Crippen molar-refractivity contribution in [2.45, 2.75) is 41.2 Å². The van der Waals surface area contributed by atoms with Crippen LogP contribution in [0, 0.1) is 17.8 Å². The van der Waals surface area contributed by atoms with Crippen molar-refractivity contribution < 1.29 is 9.53 Å². The summed E-state index contributed by atoms with van der Waals surface area (Å²) in [5.41, 5.74) is 0.604. The van der Waals surface area contributed by atoms with Crippen LogP contribution >= 0.6 is 0 Å². The van der Waals surface area contributed by atoms with Gasteiger partial charge in [0.25, 0.3) is 0 Å². The van der Waals surface area contributed by atoms with E-state index in [1.165, 1.54) is 0 Å². The summed E-state index contributed by atoms with van der Waals surface area (Å²) in [4.78, 5) is 12.7. The van der Waals surface area contributed by atoms with Gasteiger partial charge in [0.1, 0.15) is 5.69 Å². The molecule has 0 amide bonds. The molecule has 0 saturated heterocycles. The lowest BCUT2D eigenvalue weighted by Gasteiger charge is -2.23. The van der Waals surface area contributed by atoms with Gasteiger partial charge in [0.15, 0.2) is 11.5 Å². The van der Waals surface area contributed by atoms with Crippen LogP contribution in [0.25, 0.3) is 0 Å². The molecule has 18 heavy (non-hydrogen) atoms. The van der Waals surface area contributed by atoms with Gasteiger partial charge in [-0.25, -0.2) is 0 Å². The largest absolute Gasteiger partial charge is 0.493 e. The number of hydrogen-bond acceptors (Lipinski definition) is 3. The predicted octanol–water partition coefficient (Wildman–Crippen LogP) is 3.02. The first-order valence-corrected chi connectivity index (χ1v) is 6.58. The molecule has 0 aromatic carbocycles. The van der Waals surface area contributed by atoms with Gasteiger partial charge in [-0.3, -0.25) is 9.48 Å². The highest BCUT2D eigenvalue weighted by atomic mass is 16.5. The van der Waals surface area contributed by atoms with Crippen molar-refractivity contribution in [3.8, 4) is 5.75 Å². The monoisotopic (exact) mass is 252 g/mol. The van der Waals surface area contributed by atoms with E-state index in [0.717, 1.165) is 0 Å². The highest BCUT2D eigenvalue weighted by Crippen LogP contribution is 2.29. The average Bonchev–Trinajstić information content (AvgIpc) is 2.70. The maximum absolute atomic E-state index is 12.7. The van der Waals surface area contributed by atoms with E-state index in [0.29, 0.717) is 29.8 Å². The smallest absolute Gasteiger partial charge is 0.188 e. The molecule has 0 aliphatic carbocycles. The molecule has 0 bridgehead atoms. The normalized spacial score (nSPS) is 11.6. The third kappa shape index (κ3) is 2.74. The molecule has 0 aliphatic heterocycles. The standard InChI is InChI=1S/C14H24N2O2/c1-7-16-13(11(18-6)8-15-16)14(17)12(9(2)3)10(4)5/h8-10,12H,7H2,1-6H3. The lowest BCUT2D eigenvalue weighted by molar-refractivity contribution is 0.0825. The second-order valence-electron chi connectivity index (χ2n) is 5.26. The number of rotatable bonds is 6. The first kappa shape index (κ1) is 14.7. The molecule has 0 unspecified atom stereocenters. The predicted molar refractivity (Wildman–Crippen MR) is 71.9 cm³/mol. The van der Waals surface area contributed by atoms with Gasteiger partial charge in [0.2, 0.25) is 0 Å². The maximum Gasteiger partial charge on any atom is 0.188 e. The molecule has 102 valence electrons. The second-order valence-corrected chi connectivity index (χ2v) is 5.26. The number of ketones is 1. The number of methoxy groups -OCH3 is 1. The summed E-state index contributed by atoms with van der Waals surface area (Å²) in [5.74, 6) is 1.33. The Morgan fingerprint density at radius 3 is 2.28 bits per heavy atom. The first-order valence-electron chi connectivity index (χ1n) is 6.58. The third-order valence-corrected chi connectivity index (χ3v) is 3.30. The minimum absolute atomic E-state index is 0.000833. The van der Waals surface area contributed by atoms with Gasteiger partial charge in [-0.15, -0.1) is 0 Å². The molecule has 0 N–H and O–H groups in total. The van der Waals surface area contributed by atoms with Crippen LogP contribution in [0.3, 0.4) is 0 Å². The third-order valence-electron chi connectivity index (χ3n) is 3.30. The average molecular weight is 252 g/mol.